The molecule has 0 unspecified atom stereocenters. The van der Waals surface area contributed by atoms with Gasteiger partial charge in [0.25, 0.3) is 0 Å². The largest absolute Gasteiger partial charge is 0.364 e. The summed E-state index contributed by atoms with van der Waals surface area (Å²) in [5, 5.41) is -0.484. The highest BCUT2D eigenvalue weighted by Gasteiger charge is 2.49. The third-order valence-corrected chi connectivity index (χ3v) is 7.05. The van der Waals surface area contributed by atoms with Crippen LogP contribution in [0.4, 0.5) is 5.69 Å². The standard InChI is InChI=1S/C17H16ClNO2S/c18-9-10-19-14-7-3-4-8-16(14)22(20,21)17-13-6-2-1-5-12(13)11-15(17)19/h1-8,15,17H,9-11H2/t15-,17+/m0/s1. The van der Waals surface area contributed by atoms with E-state index in [1.165, 1.54) is 0 Å². The van der Waals surface area contributed by atoms with E-state index in [-0.39, 0.29) is 6.04 Å². The zero-order valence-corrected chi connectivity index (χ0v) is 13.5. The molecule has 0 N–H and O–H groups in total. The Labute approximate surface area is 135 Å². The summed E-state index contributed by atoms with van der Waals surface area (Å²) in [5.74, 6) is 0.480. The van der Waals surface area contributed by atoms with Gasteiger partial charge in [-0.3, -0.25) is 0 Å². The van der Waals surface area contributed by atoms with E-state index < -0.39 is 15.1 Å². The number of hydrogen-bond donors (Lipinski definition) is 0. The van der Waals surface area contributed by atoms with Crippen LogP contribution in [-0.2, 0) is 16.3 Å². The minimum absolute atomic E-state index is 0.0592. The van der Waals surface area contributed by atoms with Crippen LogP contribution in [0, 0.1) is 0 Å². The highest BCUT2D eigenvalue weighted by Crippen LogP contribution is 2.49. The molecular weight excluding hydrogens is 318 g/mol. The number of sulfone groups is 1. The van der Waals surface area contributed by atoms with Gasteiger partial charge in [0, 0.05) is 12.4 Å². The van der Waals surface area contributed by atoms with Gasteiger partial charge in [-0.2, -0.15) is 0 Å². The Morgan fingerprint density at radius 2 is 1.82 bits per heavy atom. The van der Waals surface area contributed by atoms with Gasteiger partial charge >= 0.3 is 0 Å². The van der Waals surface area contributed by atoms with E-state index in [2.05, 4.69) is 4.90 Å². The Bertz CT molecular complexity index is 834. The number of halogens is 1. The van der Waals surface area contributed by atoms with Gasteiger partial charge in [-0.25, -0.2) is 8.42 Å². The number of hydrogen-bond acceptors (Lipinski definition) is 3. The van der Waals surface area contributed by atoms with E-state index in [1.807, 2.05) is 36.4 Å². The fourth-order valence-electron chi connectivity index (χ4n) is 3.81. The Balaban J connectivity index is 1.97. The Morgan fingerprint density at radius 1 is 1.09 bits per heavy atom. The minimum atomic E-state index is -3.37. The fourth-order valence-corrected chi connectivity index (χ4v) is 6.23. The van der Waals surface area contributed by atoms with Crippen LogP contribution in [0.1, 0.15) is 16.4 Å². The molecule has 0 fully saturated rings. The molecule has 1 aliphatic carbocycles. The van der Waals surface area contributed by atoms with Crippen molar-refractivity contribution in [3.8, 4) is 0 Å². The van der Waals surface area contributed by atoms with Crippen molar-refractivity contribution in [2.24, 2.45) is 0 Å². The lowest BCUT2D eigenvalue weighted by atomic mass is 10.1. The minimum Gasteiger partial charge on any atom is -0.364 e. The number of rotatable bonds is 2. The van der Waals surface area contributed by atoms with Gasteiger partial charge in [-0.05, 0) is 29.7 Å². The number of para-hydroxylation sites is 1. The van der Waals surface area contributed by atoms with Crippen molar-refractivity contribution in [1.29, 1.82) is 0 Å². The van der Waals surface area contributed by atoms with Gasteiger partial charge in [0.05, 0.1) is 16.6 Å². The molecule has 4 rings (SSSR count). The molecule has 2 aromatic rings. The molecule has 22 heavy (non-hydrogen) atoms. The molecule has 2 aliphatic rings. The van der Waals surface area contributed by atoms with Crippen molar-refractivity contribution in [3.63, 3.8) is 0 Å². The normalized spacial score (nSPS) is 24.5. The fraction of sp³-hybridized carbons (Fsp3) is 0.294. The summed E-state index contributed by atoms with van der Waals surface area (Å²) >= 11 is 5.98. The highest BCUT2D eigenvalue weighted by molar-refractivity contribution is 7.92. The van der Waals surface area contributed by atoms with E-state index in [1.54, 1.807) is 12.1 Å². The summed E-state index contributed by atoms with van der Waals surface area (Å²) in [4.78, 5) is 2.60. The summed E-state index contributed by atoms with van der Waals surface area (Å²) in [6, 6.07) is 15.1. The Hall–Kier alpha value is -1.52. The lowest BCUT2D eigenvalue weighted by Crippen LogP contribution is -2.46. The third-order valence-electron chi connectivity index (χ3n) is 4.68. The summed E-state index contributed by atoms with van der Waals surface area (Å²) in [5.41, 5.74) is 2.87. The highest BCUT2D eigenvalue weighted by atomic mass is 35.5. The Kier molecular flexibility index (Phi) is 3.20. The number of benzene rings is 2. The topological polar surface area (TPSA) is 37.4 Å². The molecule has 2 atom stereocenters. The number of alkyl halides is 1. The van der Waals surface area contributed by atoms with E-state index in [4.69, 9.17) is 11.6 Å². The average molecular weight is 334 g/mol. The van der Waals surface area contributed by atoms with Gasteiger partial charge in [-0.1, -0.05) is 36.4 Å². The summed E-state index contributed by atoms with van der Waals surface area (Å²) < 4.78 is 26.3. The van der Waals surface area contributed by atoms with Crippen molar-refractivity contribution in [1.82, 2.24) is 0 Å². The maximum Gasteiger partial charge on any atom is 0.189 e. The van der Waals surface area contributed by atoms with Crippen LogP contribution in [-0.4, -0.2) is 26.9 Å². The van der Waals surface area contributed by atoms with Crippen molar-refractivity contribution >= 4 is 27.1 Å². The van der Waals surface area contributed by atoms with Crippen LogP contribution >= 0.6 is 11.6 Å². The molecule has 114 valence electrons. The quantitative estimate of drug-likeness (QED) is 0.792. The molecule has 0 aromatic heterocycles. The molecule has 0 saturated heterocycles. The van der Waals surface area contributed by atoms with Crippen LogP contribution in [0.3, 0.4) is 0 Å². The zero-order chi connectivity index (χ0) is 15.3. The van der Waals surface area contributed by atoms with Crippen molar-refractivity contribution in [2.45, 2.75) is 22.6 Å². The summed E-state index contributed by atoms with van der Waals surface area (Å²) in [6.45, 7) is 0.656. The maximum absolute atomic E-state index is 13.1. The second kappa shape index (κ2) is 5.00. The molecule has 1 aliphatic heterocycles. The molecule has 1 heterocycles. The molecular formula is C17H16ClNO2S. The molecule has 0 radical (unpaired) electrons. The Morgan fingerprint density at radius 3 is 2.64 bits per heavy atom. The van der Waals surface area contributed by atoms with E-state index in [0.717, 1.165) is 23.2 Å². The zero-order valence-electron chi connectivity index (χ0n) is 11.9. The number of fused-ring (bicyclic) bond motifs is 4. The van der Waals surface area contributed by atoms with Crippen LogP contribution in [0.2, 0.25) is 0 Å². The van der Waals surface area contributed by atoms with Gasteiger partial charge in [0.15, 0.2) is 9.84 Å². The predicted octanol–water partition coefficient (Wildman–Crippen LogP) is 3.19. The molecule has 0 saturated carbocycles. The third kappa shape index (κ3) is 1.83. The summed E-state index contributed by atoms with van der Waals surface area (Å²) in [7, 11) is -3.37. The lowest BCUT2D eigenvalue weighted by molar-refractivity contribution is 0.535. The first-order valence-corrected chi connectivity index (χ1v) is 9.46. The first kappa shape index (κ1) is 14.1. The smallest absolute Gasteiger partial charge is 0.189 e. The first-order valence-electron chi connectivity index (χ1n) is 7.38. The average Bonchev–Trinajstić information content (AvgIpc) is 2.92. The molecule has 3 nitrogen and oxygen atoms in total. The van der Waals surface area contributed by atoms with Crippen LogP contribution in [0.15, 0.2) is 53.4 Å². The molecule has 0 spiro atoms. The van der Waals surface area contributed by atoms with E-state index >= 15 is 0 Å². The lowest BCUT2D eigenvalue weighted by Gasteiger charge is -2.40. The monoisotopic (exact) mass is 333 g/mol. The predicted molar refractivity (Wildman–Crippen MR) is 88.4 cm³/mol. The van der Waals surface area contributed by atoms with Gasteiger partial charge in [0.2, 0.25) is 0 Å². The van der Waals surface area contributed by atoms with Crippen LogP contribution in [0.25, 0.3) is 0 Å². The van der Waals surface area contributed by atoms with E-state index in [0.29, 0.717) is 17.3 Å². The molecule has 0 amide bonds. The second-order valence-electron chi connectivity index (χ2n) is 5.79. The number of anilines is 1. The van der Waals surface area contributed by atoms with Crippen molar-refractivity contribution in [2.75, 3.05) is 17.3 Å². The van der Waals surface area contributed by atoms with Crippen molar-refractivity contribution in [3.05, 3.63) is 59.7 Å². The van der Waals surface area contributed by atoms with Crippen molar-refractivity contribution < 1.29 is 8.42 Å². The number of nitrogens with zero attached hydrogens (tertiary/aromatic N) is 1. The molecule has 5 heteroatoms. The molecule has 2 aromatic carbocycles. The van der Waals surface area contributed by atoms with Gasteiger partial charge < -0.3 is 4.90 Å². The maximum atomic E-state index is 13.1. The summed E-state index contributed by atoms with van der Waals surface area (Å²) in [6.07, 6.45) is 0.755. The van der Waals surface area contributed by atoms with Gasteiger partial charge in [-0.15, -0.1) is 11.6 Å². The first-order chi connectivity index (χ1) is 10.6. The van der Waals surface area contributed by atoms with Gasteiger partial charge in [0.1, 0.15) is 5.25 Å². The second-order valence-corrected chi connectivity index (χ2v) is 8.20. The van der Waals surface area contributed by atoms with Crippen LogP contribution < -0.4 is 4.90 Å². The SMILES string of the molecule is O=S1(=O)c2ccccc2N(CCCl)[C@H]2Cc3ccccc3[C@H]21. The molecule has 0 bridgehead atoms. The van der Waals surface area contributed by atoms with Crippen LogP contribution in [0.5, 0.6) is 0 Å². The van der Waals surface area contributed by atoms with E-state index in [9.17, 15) is 8.42 Å².